The molecule has 2 unspecified atom stereocenters. The van der Waals surface area contributed by atoms with Crippen molar-refractivity contribution in [2.75, 3.05) is 19.7 Å². The first-order chi connectivity index (χ1) is 8.67. The van der Waals surface area contributed by atoms with Gasteiger partial charge in [-0.3, -0.25) is 4.90 Å². The molecule has 2 rings (SSSR count). The highest BCUT2D eigenvalue weighted by molar-refractivity contribution is 4.96. The Labute approximate surface area is 112 Å². The standard InChI is InChI=1S/C15H30N2O/c1-13(2)17-10-6-3-7-14(17)11-15(12-18)8-4-5-9-16-15/h13-14,16,18H,3-12H2,1-2H3. The van der Waals surface area contributed by atoms with Gasteiger partial charge in [-0.1, -0.05) is 12.8 Å². The van der Waals surface area contributed by atoms with E-state index in [1.165, 1.54) is 38.6 Å². The molecule has 0 saturated carbocycles. The number of hydrogen-bond acceptors (Lipinski definition) is 3. The van der Waals surface area contributed by atoms with E-state index in [4.69, 9.17) is 0 Å². The molecule has 2 saturated heterocycles. The minimum absolute atomic E-state index is 0.00734. The quantitative estimate of drug-likeness (QED) is 0.807. The Morgan fingerprint density at radius 3 is 2.72 bits per heavy atom. The largest absolute Gasteiger partial charge is 0.394 e. The van der Waals surface area contributed by atoms with Gasteiger partial charge in [0.15, 0.2) is 0 Å². The first-order valence-electron chi connectivity index (χ1n) is 7.78. The van der Waals surface area contributed by atoms with E-state index in [1.54, 1.807) is 0 Å². The van der Waals surface area contributed by atoms with E-state index < -0.39 is 0 Å². The van der Waals surface area contributed by atoms with Gasteiger partial charge in [-0.05, 0) is 59.0 Å². The van der Waals surface area contributed by atoms with E-state index in [2.05, 4.69) is 24.1 Å². The lowest BCUT2D eigenvalue weighted by molar-refractivity contribution is 0.0471. The highest BCUT2D eigenvalue weighted by atomic mass is 16.3. The summed E-state index contributed by atoms with van der Waals surface area (Å²) >= 11 is 0. The van der Waals surface area contributed by atoms with E-state index in [0.29, 0.717) is 18.7 Å². The summed E-state index contributed by atoms with van der Waals surface area (Å²) in [5.74, 6) is 0. The van der Waals surface area contributed by atoms with Gasteiger partial charge >= 0.3 is 0 Å². The molecule has 2 N–H and O–H groups in total. The number of likely N-dealkylation sites (tertiary alicyclic amines) is 1. The lowest BCUT2D eigenvalue weighted by Gasteiger charge is -2.45. The van der Waals surface area contributed by atoms with Gasteiger partial charge in [0.2, 0.25) is 0 Å². The summed E-state index contributed by atoms with van der Waals surface area (Å²) < 4.78 is 0. The van der Waals surface area contributed by atoms with Gasteiger partial charge in [-0.25, -0.2) is 0 Å². The van der Waals surface area contributed by atoms with Gasteiger partial charge < -0.3 is 10.4 Å². The number of aliphatic hydroxyl groups excluding tert-OH is 1. The van der Waals surface area contributed by atoms with Gasteiger partial charge in [0.05, 0.1) is 6.61 Å². The molecule has 0 aromatic rings. The summed E-state index contributed by atoms with van der Waals surface area (Å²) in [6, 6.07) is 1.30. The van der Waals surface area contributed by atoms with Crippen molar-refractivity contribution in [3.63, 3.8) is 0 Å². The van der Waals surface area contributed by atoms with E-state index in [0.717, 1.165) is 19.4 Å². The van der Waals surface area contributed by atoms with Crippen molar-refractivity contribution in [3.8, 4) is 0 Å². The second-order valence-electron chi connectivity index (χ2n) is 6.51. The van der Waals surface area contributed by atoms with Crippen molar-refractivity contribution in [1.82, 2.24) is 10.2 Å². The van der Waals surface area contributed by atoms with Gasteiger partial charge in [0, 0.05) is 17.6 Å². The van der Waals surface area contributed by atoms with Crippen LogP contribution in [0.5, 0.6) is 0 Å². The SMILES string of the molecule is CC(C)N1CCCCC1CC1(CO)CCCCN1. The van der Waals surface area contributed by atoms with E-state index in [1.807, 2.05) is 0 Å². The molecule has 2 aliphatic heterocycles. The molecule has 18 heavy (non-hydrogen) atoms. The lowest BCUT2D eigenvalue weighted by Crippen LogP contribution is -2.57. The van der Waals surface area contributed by atoms with Crippen LogP contribution in [0.15, 0.2) is 0 Å². The first-order valence-corrected chi connectivity index (χ1v) is 7.78. The summed E-state index contributed by atoms with van der Waals surface area (Å²) in [5, 5.41) is 13.4. The van der Waals surface area contributed by atoms with Crippen LogP contribution in [-0.4, -0.2) is 47.3 Å². The summed E-state index contributed by atoms with van der Waals surface area (Å²) in [7, 11) is 0. The Bertz CT molecular complexity index is 249. The van der Waals surface area contributed by atoms with Crippen molar-refractivity contribution >= 4 is 0 Å². The molecule has 0 aromatic carbocycles. The van der Waals surface area contributed by atoms with Crippen LogP contribution >= 0.6 is 0 Å². The third-order valence-corrected chi connectivity index (χ3v) is 4.85. The maximum Gasteiger partial charge on any atom is 0.0613 e. The molecular weight excluding hydrogens is 224 g/mol. The summed E-state index contributed by atoms with van der Waals surface area (Å²) in [5.41, 5.74) is 0.00734. The summed E-state index contributed by atoms with van der Waals surface area (Å²) in [4.78, 5) is 2.65. The molecule has 2 atom stereocenters. The number of aliphatic hydroxyl groups is 1. The van der Waals surface area contributed by atoms with Gasteiger partial charge in [-0.2, -0.15) is 0 Å². The molecule has 3 nitrogen and oxygen atoms in total. The fraction of sp³-hybridized carbons (Fsp3) is 1.00. The third-order valence-electron chi connectivity index (χ3n) is 4.85. The van der Waals surface area contributed by atoms with Crippen molar-refractivity contribution in [1.29, 1.82) is 0 Å². The predicted octanol–water partition coefficient (Wildman–Crippen LogP) is 2.14. The second kappa shape index (κ2) is 6.36. The zero-order chi connectivity index (χ0) is 13.0. The Balaban J connectivity index is 2.00. The minimum Gasteiger partial charge on any atom is -0.394 e. The van der Waals surface area contributed by atoms with Crippen LogP contribution in [0.1, 0.15) is 58.8 Å². The predicted molar refractivity (Wildman–Crippen MR) is 75.8 cm³/mol. The van der Waals surface area contributed by atoms with Crippen molar-refractivity contribution in [3.05, 3.63) is 0 Å². The average molecular weight is 254 g/mol. The highest BCUT2D eigenvalue weighted by Gasteiger charge is 2.36. The van der Waals surface area contributed by atoms with Crippen molar-refractivity contribution in [2.24, 2.45) is 0 Å². The number of piperidine rings is 2. The molecule has 0 aliphatic carbocycles. The fourth-order valence-corrected chi connectivity index (χ4v) is 3.78. The van der Waals surface area contributed by atoms with Gasteiger partial charge in [0.25, 0.3) is 0 Å². The van der Waals surface area contributed by atoms with Crippen LogP contribution in [0, 0.1) is 0 Å². The molecule has 0 radical (unpaired) electrons. The molecule has 0 amide bonds. The Morgan fingerprint density at radius 1 is 1.28 bits per heavy atom. The van der Waals surface area contributed by atoms with Crippen LogP contribution in [-0.2, 0) is 0 Å². The van der Waals surface area contributed by atoms with Crippen molar-refractivity contribution in [2.45, 2.75) is 76.4 Å². The van der Waals surface area contributed by atoms with E-state index in [-0.39, 0.29) is 5.54 Å². The monoisotopic (exact) mass is 254 g/mol. The van der Waals surface area contributed by atoms with Crippen molar-refractivity contribution < 1.29 is 5.11 Å². The van der Waals surface area contributed by atoms with Crippen LogP contribution in [0.4, 0.5) is 0 Å². The maximum absolute atomic E-state index is 9.82. The highest BCUT2D eigenvalue weighted by Crippen LogP contribution is 2.30. The first kappa shape index (κ1) is 14.3. The van der Waals surface area contributed by atoms with E-state index in [9.17, 15) is 5.11 Å². The maximum atomic E-state index is 9.82. The molecule has 2 heterocycles. The Morgan fingerprint density at radius 2 is 2.11 bits per heavy atom. The van der Waals surface area contributed by atoms with Crippen LogP contribution in [0.3, 0.4) is 0 Å². The average Bonchev–Trinajstić information content (AvgIpc) is 2.40. The van der Waals surface area contributed by atoms with Crippen LogP contribution in [0.2, 0.25) is 0 Å². The molecular formula is C15H30N2O. The molecule has 0 spiro atoms. The minimum atomic E-state index is 0.00734. The Hall–Kier alpha value is -0.120. The van der Waals surface area contributed by atoms with Crippen LogP contribution in [0.25, 0.3) is 0 Å². The number of nitrogens with zero attached hydrogens (tertiary/aromatic N) is 1. The molecule has 3 heteroatoms. The summed E-state index contributed by atoms with van der Waals surface area (Å²) in [6.07, 6.45) is 8.81. The van der Waals surface area contributed by atoms with E-state index >= 15 is 0 Å². The smallest absolute Gasteiger partial charge is 0.0613 e. The molecule has 106 valence electrons. The van der Waals surface area contributed by atoms with Crippen LogP contribution < -0.4 is 5.32 Å². The molecule has 2 aliphatic rings. The lowest BCUT2D eigenvalue weighted by atomic mass is 9.81. The number of rotatable bonds is 4. The number of hydrogen-bond donors (Lipinski definition) is 2. The molecule has 0 bridgehead atoms. The zero-order valence-corrected chi connectivity index (χ0v) is 12.1. The van der Waals surface area contributed by atoms with Gasteiger partial charge in [-0.15, -0.1) is 0 Å². The summed E-state index contributed by atoms with van der Waals surface area (Å²) in [6.45, 7) is 7.23. The normalized spacial score (nSPS) is 35.0. The van der Waals surface area contributed by atoms with Gasteiger partial charge in [0.1, 0.15) is 0 Å². The molecule has 0 aromatic heterocycles. The zero-order valence-electron chi connectivity index (χ0n) is 12.1. The topological polar surface area (TPSA) is 35.5 Å². The Kier molecular flexibility index (Phi) is 5.05. The fourth-order valence-electron chi connectivity index (χ4n) is 3.78. The second-order valence-corrected chi connectivity index (χ2v) is 6.51. The third kappa shape index (κ3) is 3.25. The molecule has 2 fully saturated rings. The number of nitrogens with one attached hydrogen (secondary N) is 1.